The number of methoxy groups -OCH3 is 1. The van der Waals surface area contributed by atoms with Gasteiger partial charge in [-0.1, -0.05) is 6.92 Å². The van der Waals surface area contributed by atoms with Gasteiger partial charge >= 0.3 is 5.97 Å². The molecule has 2 atom stereocenters. The Labute approximate surface area is 78.2 Å². The predicted octanol–water partition coefficient (Wildman–Crippen LogP) is 0.889. The third kappa shape index (κ3) is 4.62. The fourth-order valence-corrected chi connectivity index (χ4v) is 1.58. The normalized spacial score (nSPS) is 15.3. The molecule has 0 aromatic heterocycles. The number of hydrogen-bond acceptors (Lipinski definition) is 4. The monoisotopic (exact) mass is 191 g/mol. The van der Waals surface area contributed by atoms with Crippen molar-refractivity contribution in [2.45, 2.75) is 25.1 Å². The molecule has 0 aromatic carbocycles. The van der Waals surface area contributed by atoms with Crippen LogP contribution < -0.4 is 5.32 Å². The fraction of sp³-hybridized carbons (Fsp3) is 0.875. The van der Waals surface area contributed by atoms with Crippen molar-refractivity contribution in [3.63, 3.8) is 0 Å². The highest BCUT2D eigenvalue weighted by atomic mass is 32.2. The third-order valence-corrected chi connectivity index (χ3v) is 3.19. The van der Waals surface area contributed by atoms with E-state index < -0.39 is 0 Å². The van der Waals surface area contributed by atoms with Gasteiger partial charge < -0.3 is 10.1 Å². The molecule has 0 radical (unpaired) electrons. The summed E-state index contributed by atoms with van der Waals surface area (Å²) in [6.07, 6.45) is 0. The zero-order valence-corrected chi connectivity index (χ0v) is 8.90. The highest BCUT2D eigenvalue weighted by Gasteiger charge is 2.12. The second-order valence-corrected chi connectivity index (χ2v) is 4.04. The quantitative estimate of drug-likeness (QED) is 0.655. The Balaban J connectivity index is 3.56. The summed E-state index contributed by atoms with van der Waals surface area (Å²) < 4.78 is 4.53. The summed E-state index contributed by atoms with van der Waals surface area (Å²) >= 11 is 1.60. The molecule has 0 amide bonds. The summed E-state index contributed by atoms with van der Waals surface area (Å²) in [5.74, 6) is 0.277. The highest BCUT2D eigenvalue weighted by Crippen LogP contribution is 2.13. The van der Waals surface area contributed by atoms with Gasteiger partial charge in [-0.05, 0) is 14.0 Å². The van der Waals surface area contributed by atoms with Gasteiger partial charge in [-0.2, -0.15) is 0 Å². The van der Waals surface area contributed by atoms with Crippen molar-refractivity contribution < 1.29 is 9.53 Å². The average molecular weight is 191 g/mol. The molecular formula is C8H17NO2S. The van der Waals surface area contributed by atoms with E-state index >= 15 is 0 Å². The third-order valence-electron chi connectivity index (χ3n) is 1.85. The molecule has 4 heteroatoms. The van der Waals surface area contributed by atoms with Gasteiger partial charge in [0.1, 0.15) is 0 Å². The number of nitrogens with one attached hydrogen (secondary N) is 1. The van der Waals surface area contributed by atoms with E-state index in [9.17, 15) is 4.79 Å². The zero-order valence-electron chi connectivity index (χ0n) is 8.09. The lowest BCUT2D eigenvalue weighted by Crippen LogP contribution is -2.31. The Morgan fingerprint density at radius 2 is 2.17 bits per heavy atom. The van der Waals surface area contributed by atoms with E-state index in [0.717, 1.165) is 0 Å². The first kappa shape index (κ1) is 11.8. The topological polar surface area (TPSA) is 38.3 Å². The highest BCUT2D eigenvalue weighted by molar-refractivity contribution is 8.00. The lowest BCUT2D eigenvalue weighted by molar-refractivity contribution is -0.137. The molecule has 0 rings (SSSR count). The Hall–Kier alpha value is -0.220. The van der Waals surface area contributed by atoms with E-state index in [4.69, 9.17) is 0 Å². The molecular weight excluding hydrogens is 174 g/mol. The standard InChI is InChI=1S/C8H17NO2S/c1-6(9-3)7(2)12-5-8(10)11-4/h6-7,9H,5H2,1-4H3. The maximum atomic E-state index is 10.8. The molecule has 12 heavy (non-hydrogen) atoms. The van der Waals surface area contributed by atoms with Crippen LogP contribution in [0, 0.1) is 0 Å². The Kier molecular flexibility index (Phi) is 6.20. The predicted molar refractivity (Wildman–Crippen MR) is 52.5 cm³/mol. The van der Waals surface area contributed by atoms with E-state index in [1.807, 2.05) is 7.05 Å². The van der Waals surface area contributed by atoms with Gasteiger partial charge in [-0.3, -0.25) is 4.79 Å². The van der Waals surface area contributed by atoms with Crippen molar-refractivity contribution in [1.29, 1.82) is 0 Å². The second kappa shape index (κ2) is 6.31. The van der Waals surface area contributed by atoms with Crippen LogP contribution in [-0.4, -0.2) is 37.2 Å². The van der Waals surface area contributed by atoms with Gasteiger partial charge in [0.2, 0.25) is 0 Å². The molecule has 0 bridgehead atoms. The van der Waals surface area contributed by atoms with Crippen LogP contribution in [0.15, 0.2) is 0 Å². The molecule has 0 fully saturated rings. The number of hydrogen-bond donors (Lipinski definition) is 1. The molecule has 2 unspecified atom stereocenters. The zero-order chi connectivity index (χ0) is 9.56. The Bertz CT molecular complexity index is 141. The SMILES string of the molecule is CNC(C)C(C)SCC(=O)OC. The van der Waals surface area contributed by atoms with Gasteiger partial charge in [-0.25, -0.2) is 0 Å². The summed E-state index contributed by atoms with van der Waals surface area (Å²) in [6.45, 7) is 4.18. The second-order valence-electron chi connectivity index (χ2n) is 2.67. The number of esters is 1. The minimum absolute atomic E-state index is 0.157. The lowest BCUT2D eigenvalue weighted by atomic mass is 10.3. The first-order valence-corrected chi connectivity index (χ1v) is 5.02. The van der Waals surface area contributed by atoms with Crippen molar-refractivity contribution in [2.75, 3.05) is 19.9 Å². The fourth-order valence-electron chi connectivity index (χ4n) is 0.637. The lowest BCUT2D eigenvalue weighted by Gasteiger charge is -2.17. The van der Waals surface area contributed by atoms with Gasteiger partial charge in [-0.15, -0.1) is 11.8 Å². The molecule has 0 saturated heterocycles. The minimum atomic E-state index is -0.157. The largest absolute Gasteiger partial charge is 0.468 e. The molecule has 0 aliphatic rings. The number of carbonyl (C=O) groups excluding carboxylic acids is 1. The molecule has 0 heterocycles. The molecule has 3 nitrogen and oxygen atoms in total. The Morgan fingerprint density at radius 3 is 2.58 bits per heavy atom. The first-order chi connectivity index (χ1) is 5.61. The van der Waals surface area contributed by atoms with Gasteiger partial charge in [0.15, 0.2) is 0 Å². The summed E-state index contributed by atoms with van der Waals surface area (Å²) in [4.78, 5) is 10.8. The van der Waals surface area contributed by atoms with E-state index in [-0.39, 0.29) is 5.97 Å². The molecule has 0 saturated carbocycles. The molecule has 72 valence electrons. The van der Waals surface area contributed by atoms with Gasteiger partial charge in [0.05, 0.1) is 12.9 Å². The van der Waals surface area contributed by atoms with Crippen molar-refractivity contribution in [3.8, 4) is 0 Å². The molecule has 1 N–H and O–H groups in total. The Morgan fingerprint density at radius 1 is 1.58 bits per heavy atom. The smallest absolute Gasteiger partial charge is 0.315 e. The van der Waals surface area contributed by atoms with Gasteiger partial charge in [0.25, 0.3) is 0 Å². The van der Waals surface area contributed by atoms with Crippen molar-refractivity contribution in [1.82, 2.24) is 5.32 Å². The van der Waals surface area contributed by atoms with Crippen LogP contribution in [0.1, 0.15) is 13.8 Å². The van der Waals surface area contributed by atoms with Crippen LogP contribution in [0.25, 0.3) is 0 Å². The van der Waals surface area contributed by atoms with Crippen LogP contribution in [0.2, 0.25) is 0 Å². The summed E-state index contributed by atoms with van der Waals surface area (Å²) in [7, 11) is 3.33. The van der Waals surface area contributed by atoms with Crippen LogP contribution in [0.5, 0.6) is 0 Å². The van der Waals surface area contributed by atoms with Crippen LogP contribution in [-0.2, 0) is 9.53 Å². The maximum absolute atomic E-state index is 10.8. The van der Waals surface area contributed by atoms with E-state index in [1.165, 1.54) is 7.11 Å². The number of rotatable bonds is 5. The van der Waals surface area contributed by atoms with Crippen LogP contribution in [0.4, 0.5) is 0 Å². The van der Waals surface area contributed by atoms with E-state index in [0.29, 0.717) is 17.0 Å². The molecule has 0 aliphatic heterocycles. The minimum Gasteiger partial charge on any atom is -0.468 e. The number of ether oxygens (including phenoxy) is 1. The van der Waals surface area contributed by atoms with Crippen molar-refractivity contribution in [3.05, 3.63) is 0 Å². The van der Waals surface area contributed by atoms with E-state index in [1.54, 1.807) is 11.8 Å². The van der Waals surface area contributed by atoms with E-state index in [2.05, 4.69) is 23.9 Å². The summed E-state index contributed by atoms with van der Waals surface area (Å²) in [5.41, 5.74) is 0. The molecule has 0 aliphatic carbocycles. The summed E-state index contributed by atoms with van der Waals surface area (Å²) in [6, 6.07) is 0.416. The van der Waals surface area contributed by atoms with Gasteiger partial charge in [0, 0.05) is 11.3 Å². The van der Waals surface area contributed by atoms with Crippen LogP contribution >= 0.6 is 11.8 Å². The maximum Gasteiger partial charge on any atom is 0.315 e. The number of carbonyl (C=O) groups is 1. The van der Waals surface area contributed by atoms with Crippen molar-refractivity contribution >= 4 is 17.7 Å². The average Bonchev–Trinajstić information content (AvgIpc) is 2.11. The van der Waals surface area contributed by atoms with Crippen molar-refractivity contribution in [2.24, 2.45) is 0 Å². The van der Waals surface area contributed by atoms with Crippen LogP contribution in [0.3, 0.4) is 0 Å². The summed E-state index contributed by atoms with van der Waals surface area (Å²) in [5, 5.41) is 3.56. The molecule has 0 spiro atoms. The first-order valence-electron chi connectivity index (χ1n) is 3.97. The molecule has 0 aromatic rings. The number of thioether (sulfide) groups is 1.